The van der Waals surface area contributed by atoms with Crippen molar-refractivity contribution >= 4 is 34.4 Å². The molecule has 0 saturated carbocycles. The summed E-state index contributed by atoms with van der Waals surface area (Å²) in [6, 6.07) is 4.51. The van der Waals surface area contributed by atoms with E-state index in [1.54, 1.807) is 12.1 Å². The Labute approximate surface area is 107 Å². The maximum atomic E-state index is 13.5. The zero-order valence-corrected chi connectivity index (χ0v) is 10.6. The number of benzene rings is 1. The SMILES string of the molecule is Cl.O=C1N[C@@H](c2ccc(Br)cc2F)CCO1. The second-order valence-electron chi connectivity index (χ2n) is 3.29. The summed E-state index contributed by atoms with van der Waals surface area (Å²) >= 11 is 3.18. The Kier molecular flexibility index (Phi) is 4.56. The van der Waals surface area contributed by atoms with Crippen molar-refractivity contribution in [2.45, 2.75) is 12.5 Å². The first kappa shape index (κ1) is 13.3. The van der Waals surface area contributed by atoms with E-state index in [-0.39, 0.29) is 24.3 Å². The van der Waals surface area contributed by atoms with E-state index in [9.17, 15) is 9.18 Å². The molecular formula is C10H10BrClFNO2. The summed E-state index contributed by atoms with van der Waals surface area (Å²) in [5, 5.41) is 2.58. The Balaban J connectivity index is 0.00000128. The largest absolute Gasteiger partial charge is 0.449 e. The van der Waals surface area contributed by atoms with Gasteiger partial charge in [0.2, 0.25) is 0 Å². The number of rotatable bonds is 1. The van der Waals surface area contributed by atoms with Gasteiger partial charge in [0.05, 0.1) is 12.6 Å². The molecule has 1 aliphatic heterocycles. The van der Waals surface area contributed by atoms with Crippen LogP contribution in [0.4, 0.5) is 9.18 Å². The summed E-state index contributed by atoms with van der Waals surface area (Å²) in [5.41, 5.74) is 0.495. The molecule has 1 saturated heterocycles. The lowest BCUT2D eigenvalue weighted by atomic mass is 10.0. The zero-order valence-electron chi connectivity index (χ0n) is 8.20. The Morgan fingerprint density at radius 1 is 1.50 bits per heavy atom. The van der Waals surface area contributed by atoms with Crippen LogP contribution in [0.2, 0.25) is 0 Å². The maximum Gasteiger partial charge on any atom is 0.407 e. The van der Waals surface area contributed by atoms with Crippen LogP contribution in [0.25, 0.3) is 0 Å². The molecule has 0 radical (unpaired) electrons. The van der Waals surface area contributed by atoms with Crippen LogP contribution in [0.3, 0.4) is 0 Å². The average molecular weight is 311 g/mol. The number of hydrogen-bond donors (Lipinski definition) is 1. The van der Waals surface area contributed by atoms with Crippen molar-refractivity contribution in [3.8, 4) is 0 Å². The Morgan fingerprint density at radius 2 is 2.25 bits per heavy atom. The lowest BCUT2D eigenvalue weighted by molar-refractivity contribution is 0.115. The van der Waals surface area contributed by atoms with Crippen molar-refractivity contribution < 1.29 is 13.9 Å². The van der Waals surface area contributed by atoms with E-state index in [4.69, 9.17) is 4.74 Å². The number of alkyl carbamates (subject to hydrolysis) is 1. The van der Waals surface area contributed by atoms with Crippen LogP contribution in [0.1, 0.15) is 18.0 Å². The molecule has 1 atom stereocenters. The summed E-state index contributed by atoms with van der Waals surface area (Å²) < 4.78 is 18.9. The third-order valence-corrected chi connectivity index (χ3v) is 2.76. The van der Waals surface area contributed by atoms with Gasteiger partial charge in [0.15, 0.2) is 0 Å². The van der Waals surface area contributed by atoms with Gasteiger partial charge in [0.1, 0.15) is 5.82 Å². The van der Waals surface area contributed by atoms with E-state index in [1.165, 1.54) is 6.07 Å². The minimum Gasteiger partial charge on any atom is -0.449 e. The summed E-state index contributed by atoms with van der Waals surface area (Å²) in [6.45, 7) is 0.325. The molecule has 2 rings (SSSR count). The zero-order chi connectivity index (χ0) is 10.8. The van der Waals surface area contributed by atoms with Crippen molar-refractivity contribution in [3.63, 3.8) is 0 Å². The summed E-state index contributed by atoms with van der Waals surface area (Å²) in [4.78, 5) is 11.0. The lowest BCUT2D eigenvalue weighted by Crippen LogP contribution is -2.35. The van der Waals surface area contributed by atoms with Gasteiger partial charge in [-0.3, -0.25) is 0 Å². The van der Waals surface area contributed by atoms with Gasteiger partial charge >= 0.3 is 6.09 Å². The van der Waals surface area contributed by atoms with Crippen LogP contribution in [-0.4, -0.2) is 12.7 Å². The molecule has 1 N–H and O–H groups in total. The van der Waals surface area contributed by atoms with Crippen molar-refractivity contribution in [3.05, 3.63) is 34.1 Å². The van der Waals surface area contributed by atoms with Crippen LogP contribution in [-0.2, 0) is 4.74 Å². The summed E-state index contributed by atoms with van der Waals surface area (Å²) in [6.07, 6.45) is 0.0955. The van der Waals surface area contributed by atoms with Crippen molar-refractivity contribution in [1.82, 2.24) is 5.32 Å². The van der Waals surface area contributed by atoms with Gasteiger partial charge in [-0.05, 0) is 12.1 Å². The first-order valence-corrected chi connectivity index (χ1v) is 5.34. The minimum atomic E-state index is -0.492. The van der Waals surface area contributed by atoms with Crippen LogP contribution < -0.4 is 5.32 Å². The monoisotopic (exact) mass is 309 g/mol. The molecule has 3 nitrogen and oxygen atoms in total. The van der Waals surface area contributed by atoms with Crippen LogP contribution in [0.5, 0.6) is 0 Å². The number of cyclic esters (lactones) is 1. The Bertz CT molecular complexity index is 402. The molecule has 88 valence electrons. The quantitative estimate of drug-likeness (QED) is 0.865. The fourth-order valence-electron chi connectivity index (χ4n) is 1.54. The molecule has 0 spiro atoms. The number of hydrogen-bond acceptors (Lipinski definition) is 2. The van der Waals surface area contributed by atoms with Gasteiger partial charge in [-0.2, -0.15) is 0 Å². The van der Waals surface area contributed by atoms with Crippen molar-refractivity contribution in [2.75, 3.05) is 6.61 Å². The van der Waals surface area contributed by atoms with E-state index in [2.05, 4.69) is 21.2 Å². The van der Waals surface area contributed by atoms with E-state index in [1.807, 2.05) is 0 Å². The number of nitrogens with one attached hydrogen (secondary N) is 1. The number of ether oxygens (including phenoxy) is 1. The van der Waals surface area contributed by atoms with Gasteiger partial charge in [-0.25, -0.2) is 9.18 Å². The molecule has 0 aromatic heterocycles. The van der Waals surface area contributed by atoms with Crippen LogP contribution >= 0.6 is 28.3 Å². The van der Waals surface area contributed by atoms with Gasteiger partial charge in [-0.15, -0.1) is 12.4 Å². The van der Waals surface area contributed by atoms with E-state index in [0.29, 0.717) is 23.1 Å². The molecule has 0 unspecified atom stereocenters. The van der Waals surface area contributed by atoms with E-state index in [0.717, 1.165) is 0 Å². The standard InChI is InChI=1S/C10H9BrFNO2.ClH/c11-6-1-2-7(8(12)5-6)9-3-4-15-10(14)13-9;/h1-2,5,9H,3-4H2,(H,13,14);1H/t9-;/m1./s1. The number of amides is 1. The number of halogens is 3. The molecular weight excluding hydrogens is 300 g/mol. The fraction of sp³-hybridized carbons (Fsp3) is 0.300. The third-order valence-electron chi connectivity index (χ3n) is 2.27. The van der Waals surface area contributed by atoms with E-state index >= 15 is 0 Å². The van der Waals surface area contributed by atoms with Crippen molar-refractivity contribution in [1.29, 1.82) is 0 Å². The Morgan fingerprint density at radius 3 is 2.88 bits per heavy atom. The highest BCUT2D eigenvalue weighted by Crippen LogP contribution is 2.25. The van der Waals surface area contributed by atoms with Gasteiger partial charge in [0.25, 0.3) is 0 Å². The second-order valence-corrected chi connectivity index (χ2v) is 4.20. The molecule has 1 fully saturated rings. The van der Waals surface area contributed by atoms with E-state index < -0.39 is 6.09 Å². The lowest BCUT2D eigenvalue weighted by Gasteiger charge is -2.23. The predicted octanol–water partition coefficient (Wildman–Crippen LogP) is 3.18. The first-order valence-electron chi connectivity index (χ1n) is 4.55. The molecule has 1 aromatic rings. The summed E-state index contributed by atoms with van der Waals surface area (Å²) in [5.74, 6) is -0.323. The number of carbonyl (C=O) groups is 1. The second kappa shape index (κ2) is 5.50. The average Bonchev–Trinajstić information content (AvgIpc) is 2.17. The highest BCUT2D eigenvalue weighted by atomic mass is 79.9. The molecule has 1 aliphatic rings. The minimum absolute atomic E-state index is 0. The van der Waals surface area contributed by atoms with Gasteiger partial charge in [-0.1, -0.05) is 22.0 Å². The van der Waals surface area contributed by atoms with Crippen LogP contribution in [0.15, 0.2) is 22.7 Å². The topological polar surface area (TPSA) is 38.3 Å². The molecule has 1 heterocycles. The molecule has 1 amide bonds. The maximum absolute atomic E-state index is 13.5. The first-order chi connectivity index (χ1) is 7.16. The molecule has 16 heavy (non-hydrogen) atoms. The van der Waals surface area contributed by atoms with Gasteiger partial charge in [0, 0.05) is 16.5 Å². The molecule has 6 heteroatoms. The van der Waals surface area contributed by atoms with Gasteiger partial charge < -0.3 is 10.1 Å². The molecule has 0 bridgehead atoms. The molecule has 0 aliphatic carbocycles. The normalized spacial score (nSPS) is 19.4. The third kappa shape index (κ3) is 2.86. The fourth-order valence-corrected chi connectivity index (χ4v) is 1.88. The smallest absolute Gasteiger partial charge is 0.407 e. The Hall–Kier alpha value is -0.810. The highest BCUT2D eigenvalue weighted by molar-refractivity contribution is 9.10. The predicted molar refractivity (Wildman–Crippen MR) is 63.2 cm³/mol. The highest BCUT2D eigenvalue weighted by Gasteiger charge is 2.23. The molecule has 1 aromatic carbocycles. The summed E-state index contributed by atoms with van der Waals surface area (Å²) in [7, 11) is 0. The van der Waals surface area contributed by atoms with Crippen LogP contribution in [0, 0.1) is 5.82 Å². The van der Waals surface area contributed by atoms with Crippen molar-refractivity contribution in [2.24, 2.45) is 0 Å². The number of carbonyl (C=O) groups excluding carboxylic acids is 1.